The maximum Gasteiger partial charge on any atom is 0.255 e. The first-order chi connectivity index (χ1) is 10.1. The van der Waals surface area contributed by atoms with E-state index in [2.05, 4.69) is 40.8 Å². The lowest BCUT2D eigenvalue weighted by Crippen LogP contribution is -2.30. The second-order valence-electron chi connectivity index (χ2n) is 5.29. The van der Waals surface area contributed by atoms with Crippen LogP contribution in [0, 0.1) is 3.57 Å². The van der Waals surface area contributed by atoms with Crippen molar-refractivity contribution in [1.82, 2.24) is 4.90 Å². The molecule has 4 heteroatoms. The van der Waals surface area contributed by atoms with Crippen LogP contribution in [0.25, 0.3) is 0 Å². The van der Waals surface area contributed by atoms with Crippen LogP contribution in [0.3, 0.4) is 0 Å². The molecule has 108 valence electrons. The molecular formula is C17H15ClINO. The van der Waals surface area contributed by atoms with Crippen LogP contribution >= 0.6 is 34.2 Å². The Labute approximate surface area is 143 Å². The van der Waals surface area contributed by atoms with E-state index in [4.69, 9.17) is 11.6 Å². The van der Waals surface area contributed by atoms with Crippen molar-refractivity contribution in [2.75, 3.05) is 7.05 Å². The van der Waals surface area contributed by atoms with Gasteiger partial charge in [0.2, 0.25) is 0 Å². The van der Waals surface area contributed by atoms with Gasteiger partial charge in [0, 0.05) is 15.6 Å². The Kier molecular flexibility index (Phi) is 4.22. The molecule has 0 fully saturated rings. The van der Waals surface area contributed by atoms with E-state index in [9.17, 15) is 4.79 Å². The van der Waals surface area contributed by atoms with Crippen molar-refractivity contribution in [1.29, 1.82) is 0 Å². The number of amides is 1. The minimum absolute atomic E-state index is 0.0311. The van der Waals surface area contributed by atoms with Crippen molar-refractivity contribution < 1.29 is 4.79 Å². The van der Waals surface area contributed by atoms with Crippen molar-refractivity contribution in [2.24, 2.45) is 0 Å². The molecule has 0 saturated heterocycles. The van der Waals surface area contributed by atoms with Crippen molar-refractivity contribution in [2.45, 2.75) is 18.9 Å². The van der Waals surface area contributed by atoms with Gasteiger partial charge in [0.25, 0.3) is 5.91 Å². The summed E-state index contributed by atoms with van der Waals surface area (Å²) in [7, 11) is 1.88. The molecule has 0 spiro atoms. The third-order valence-electron chi connectivity index (χ3n) is 4.05. The van der Waals surface area contributed by atoms with Crippen LogP contribution in [0.15, 0.2) is 42.5 Å². The van der Waals surface area contributed by atoms with E-state index in [1.807, 2.05) is 30.1 Å². The predicted molar refractivity (Wildman–Crippen MR) is 93.8 cm³/mol. The van der Waals surface area contributed by atoms with Crippen LogP contribution in [0.1, 0.15) is 33.9 Å². The largest absolute Gasteiger partial charge is 0.335 e. The summed E-state index contributed by atoms with van der Waals surface area (Å²) in [5, 5.41) is 0.596. The summed E-state index contributed by atoms with van der Waals surface area (Å²) in [6, 6.07) is 14.0. The number of carbonyl (C=O) groups is 1. The van der Waals surface area contributed by atoms with Crippen LogP contribution in [0.4, 0.5) is 0 Å². The fraction of sp³-hybridized carbons (Fsp3) is 0.235. The Morgan fingerprint density at radius 2 is 2.05 bits per heavy atom. The maximum atomic E-state index is 12.8. The fourth-order valence-corrected chi connectivity index (χ4v) is 3.67. The summed E-state index contributed by atoms with van der Waals surface area (Å²) in [4.78, 5) is 14.6. The molecule has 3 rings (SSSR count). The molecule has 2 nitrogen and oxygen atoms in total. The number of nitrogens with zero attached hydrogens (tertiary/aromatic N) is 1. The summed E-state index contributed by atoms with van der Waals surface area (Å²) < 4.78 is 0.931. The maximum absolute atomic E-state index is 12.8. The third kappa shape index (κ3) is 2.81. The molecular weight excluding hydrogens is 397 g/mol. The van der Waals surface area contributed by atoms with Gasteiger partial charge >= 0.3 is 0 Å². The smallest absolute Gasteiger partial charge is 0.255 e. The Hall–Kier alpha value is -1.07. The van der Waals surface area contributed by atoms with Gasteiger partial charge in [0.05, 0.1) is 11.6 Å². The van der Waals surface area contributed by atoms with Gasteiger partial charge in [-0.25, -0.2) is 0 Å². The second kappa shape index (κ2) is 5.97. The SMILES string of the molecule is CN(C(=O)c1cc(Cl)ccc1I)C1CCc2ccccc21. The van der Waals surface area contributed by atoms with Crippen molar-refractivity contribution >= 4 is 40.1 Å². The molecule has 0 aromatic heterocycles. The summed E-state index contributed by atoms with van der Waals surface area (Å²) in [5.74, 6) is 0.0311. The van der Waals surface area contributed by atoms with Crippen LogP contribution < -0.4 is 0 Å². The lowest BCUT2D eigenvalue weighted by atomic mass is 10.1. The molecule has 1 aliphatic rings. The number of rotatable bonds is 2. The first-order valence-electron chi connectivity index (χ1n) is 6.88. The van der Waals surface area contributed by atoms with Gasteiger partial charge in [-0.05, 0) is 64.8 Å². The highest BCUT2D eigenvalue weighted by Gasteiger charge is 2.29. The average molecular weight is 412 g/mol. The Morgan fingerprint density at radius 1 is 1.29 bits per heavy atom. The summed E-state index contributed by atoms with van der Waals surface area (Å²) >= 11 is 8.21. The minimum atomic E-state index is 0.0311. The molecule has 1 unspecified atom stereocenters. The average Bonchev–Trinajstić information content (AvgIpc) is 2.92. The van der Waals surface area contributed by atoms with Crippen LogP contribution in [-0.4, -0.2) is 17.9 Å². The zero-order chi connectivity index (χ0) is 15.0. The Bertz CT molecular complexity index is 701. The summed E-state index contributed by atoms with van der Waals surface area (Å²) in [6.07, 6.45) is 2.02. The van der Waals surface area contributed by atoms with Gasteiger partial charge in [-0.1, -0.05) is 35.9 Å². The topological polar surface area (TPSA) is 20.3 Å². The standard InChI is InChI=1S/C17H15ClINO/c1-20(16-9-6-11-4-2-3-5-13(11)16)17(21)14-10-12(18)7-8-15(14)19/h2-5,7-8,10,16H,6,9H2,1H3. The van der Waals surface area contributed by atoms with E-state index in [1.165, 1.54) is 11.1 Å². The van der Waals surface area contributed by atoms with Crippen molar-refractivity contribution in [3.05, 3.63) is 67.7 Å². The Morgan fingerprint density at radius 3 is 2.86 bits per heavy atom. The normalized spacial score (nSPS) is 16.6. The second-order valence-corrected chi connectivity index (χ2v) is 6.89. The molecule has 0 radical (unpaired) electrons. The van der Waals surface area contributed by atoms with Crippen LogP contribution in [0.2, 0.25) is 5.02 Å². The highest BCUT2D eigenvalue weighted by molar-refractivity contribution is 14.1. The molecule has 0 heterocycles. The molecule has 0 saturated carbocycles. The predicted octanol–water partition coefficient (Wildman–Crippen LogP) is 4.70. The number of benzene rings is 2. The van der Waals surface area contributed by atoms with Crippen LogP contribution in [-0.2, 0) is 6.42 Å². The van der Waals surface area contributed by atoms with Gasteiger partial charge < -0.3 is 4.90 Å². The quantitative estimate of drug-likeness (QED) is 0.656. The zero-order valence-corrected chi connectivity index (χ0v) is 14.6. The van der Waals surface area contributed by atoms with E-state index in [1.54, 1.807) is 6.07 Å². The van der Waals surface area contributed by atoms with E-state index in [-0.39, 0.29) is 11.9 Å². The van der Waals surface area contributed by atoms with E-state index < -0.39 is 0 Å². The van der Waals surface area contributed by atoms with Gasteiger partial charge in [0.1, 0.15) is 0 Å². The fourth-order valence-electron chi connectivity index (χ4n) is 2.93. The summed E-state index contributed by atoms with van der Waals surface area (Å²) in [5.41, 5.74) is 3.29. The molecule has 0 N–H and O–H groups in total. The Balaban J connectivity index is 1.91. The first-order valence-corrected chi connectivity index (χ1v) is 8.33. The number of carbonyl (C=O) groups excluding carboxylic acids is 1. The lowest BCUT2D eigenvalue weighted by Gasteiger charge is -2.26. The van der Waals surface area contributed by atoms with E-state index in [0.29, 0.717) is 10.6 Å². The lowest BCUT2D eigenvalue weighted by molar-refractivity contribution is 0.0729. The number of aryl methyl sites for hydroxylation is 1. The van der Waals surface area contributed by atoms with Gasteiger partial charge in [-0.3, -0.25) is 4.79 Å². The molecule has 2 aromatic rings. The highest BCUT2D eigenvalue weighted by atomic mass is 127. The molecule has 0 aliphatic heterocycles. The van der Waals surface area contributed by atoms with Gasteiger partial charge in [-0.2, -0.15) is 0 Å². The van der Waals surface area contributed by atoms with Crippen LogP contribution in [0.5, 0.6) is 0 Å². The third-order valence-corrected chi connectivity index (χ3v) is 5.22. The van der Waals surface area contributed by atoms with Crippen molar-refractivity contribution in [3.63, 3.8) is 0 Å². The summed E-state index contributed by atoms with van der Waals surface area (Å²) in [6.45, 7) is 0. The monoisotopic (exact) mass is 411 g/mol. The van der Waals surface area contributed by atoms with E-state index >= 15 is 0 Å². The molecule has 0 bridgehead atoms. The molecule has 1 amide bonds. The van der Waals surface area contributed by atoms with E-state index in [0.717, 1.165) is 16.4 Å². The minimum Gasteiger partial charge on any atom is -0.335 e. The first kappa shape index (κ1) is 14.9. The van der Waals surface area contributed by atoms with Gasteiger partial charge in [-0.15, -0.1) is 0 Å². The molecule has 2 aromatic carbocycles. The molecule has 1 atom stereocenters. The van der Waals surface area contributed by atoms with Gasteiger partial charge in [0.15, 0.2) is 0 Å². The zero-order valence-electron chi connectivity index (χ0n) is 11.6. The number of halogens is 2. The molecule has 21 heavy (non-hydrogen) atoms. The number of fused-ring (bicyclic) bond motifs is 1. The highest BCUT2D eigenvalue weighted by Crippen LogP contribution is 2.35. The number of hydrogen-bond donors (Lipinski definition) is 0. The molecule has 1 aliphatic carbocycles. The van der Waals surface area contributed by atoms with Crippen molar-refractivity contribution in [3.8, 4) is 0 Å². The number of hydrogen-bond acceptors (Lipinski definition) is 1.